The Bertz CT molecular complexity index is 632. The van der Waals surface area contributed by atoms with Crippen molar-refractivity contribution in [3.05, 3.63) is 24.3 Å². The molecule has 0 saturated heterocycles. The smallest absolute Gasteiger partial charge is 0.230 e. The Morgan fingerprint density at radius 1 is 1.08 bits per heavy atom. The second-order valence-electron chi connectivity index (χ2n) is 9.32. The van der Waals surface area contributed by atoms with Gasteiger partial charge in [-0.05, 0) is 86.5 Å². The van der Waals surface area contributed by atoms with Crippen molar-refractivity contribution in [2.24, 2.45) is 22.2 Å². The summed E-state index contributed by atoms with van der Waals surface area (Å²) in [7, 11) is 0. The SMILES string of the molecule is CCOc1ccc(NC(=O)C23CC4C[C@@](C)(C2)C[C@](C)(C4)C3)cc1. The van der Waals surface area contributed by atoms with Crippen molar-refractivity contribution in [3.63, 3.8) is 0 Å². The Morgan fingerprint density at radius 3 is 2.25 bits per heavy atom. The average molecular weight is 327 g/mol. The summed E-state index contributed by atoms with van der Waals surface area (Å²) in [5.74, 6) is 1.83. The minimum atomic E-state index is -0.151. The first-order valence-corrected chi connectivity index (χ1v) is 9.38. The maximum Gasteiger partial charge on any atom is 0.230 e. The molecule has 0 heterocycles. The second kappa shape index (κ2) is 5.24. The summed E-state index contributed by atoms with van der Waals surface area (Å²) in [6.45, 7) is 7.46. The molecule has 1 aromatic rings. The number of ether oxygens (including phenoxy) is 1. The molecule has 3 heteroatoms. The van der Waals surface area contributed by atoms with Crippen molar-refractivity contribution in [2.75, 3.05) is 11.9 Å². The Morgan fingerprint density at radius 2 is 1.71 bits per heavy atom. The van der Waals surface area contributed by atoms with Crippen molar-refractivity contribution in [2.45, 2.75) is 59.3 Å². The topological polar surface area (TPSA) is 38.3 Å². The van der Waals surface area contributed by atoms with Gasteiger partial charge in [0.2, 0.25) is 5.91 Å². The summed E-state index contributed by atoms with van der Waals surface area (Å²) in [5, 5.41) is 3.21. The van der Waals surface area contributed by atoms with Gasteiger partial charge in [-0.25, -0.2) is 0 Å². The fourth-order valence-electron chi connectivity index (χ4n) is 6.77. The summed E-state index contributed by atoms with van der Waals surface area (Å²) in [5.41, 5.74) is 1.46. The van der Waals surface area contributed by atoms with Gasteiger partial charge < -0.3 is 10.1 Å². The third kappa shape index (κ3) is 2.62. The zero-order chi connectivity index (χ0) is 17.0. The molecule has 4 aliphatic rings. The molecule has 1 amide bonds. The average Bonchev–Trinajstić information content (AvgIpc) is 2.46. The number of carbonyl (C=O) groups excluding carboxylic acids is 1. The molecule has 0 aromatic heterocycles. The lowest BCUT2D eigenvalue weighted by molar-refractivity contribution is -0.165. The Kier molecular flexibility index (Phi) is 3.49. The monoisotopic (exact) mass is 327 g/mol. The lowest BCUT2D eigenvalue weighted by atomic mass is 9.40. The lowest BCUT2D eigenvalue weighted by Gasteiger charge is -2.64. The number of hydrogen-bond acceptors (Lipinski definition) is 2. The molecule has 4 fully saturated rings. The van der Waals surface area contributed by atoms with Crippen LogP contribution in [0, 0.1) is 22.2 Å². The third-order valence-electron chi connectivity index (χ3n) is 6.53. The standard InChI is InChI=1S/C21H29NO2/c1-4-24-17-7-5-16(6-8-17)22-18(23)21-11-15-9-19(2,13-21)12-20(3,10-15)14-21/h5-8,15H,4,9-14H2,1-3H3,(H,22,23)/t15?,19-,20+,21?. The van der Waals surface area contributed by atoms with Crippen LogP contribution in [0.15, 0.2) is 24.3 Å². The molecular weight excluding hydrogens is 298 g/mol. The number of benzene rings is 1. The van der Waals surface area contributed by atoms with E-state index in [1.807, 2.05) is 31.2 Å². The van der Waals surface area contributed by atoms with E-state index < -0.39 is 0 Å². The number of nitrogens with one attached hydrogen (secondary N) is 1. The maximum atomic E-state index is 13.2. The molecule has 0 radical (unpaired) electrons. The van der Waals surface area contributed by atoms with Gasteiger partial charge in [0.1, 0.15) is 5.75 Å². The van der Waals surface area contributed by atoms with Gasteiger partial charge in [0.15, 0.2) is 0 Å². The largest absolute Gasteiger partial charge is 0.494 e. The van der Waals surface area contributed by atoms with E-state index in [1.165, 1.54) is 19.3 Å². The number of amides is 1. The van der Waals surface area contributed by atoms with Crippen LogP contribution in [0.25, 0.3) is 0 Å². The molecule has 4 bridgehead atoms. The van der Waals surface area contributed by atoms with Crippen molar-refractivity contribution in [3.8, 4) is 5.75 Å². The van der Waals surface area contributed by atoms with Crippen molar-refractivity contribution in [1.82, 2.24) is 0 Å². The predicted molar refractivity (Wildman–Crippen MR) is 96.1 cm³/mol. The van der Waals surface area contributed by atoms with E-state index in [1.54, 1.807) is 0 Å². The van der Waals surface area contributed by atoms with Crippen molar-refractivity contribution < 1.29 is 9.53 Å². The molecule has 5 rings (SSSR count). The van der Waals surface area contributed by atoms with Crippen molar-refractivity contribution >= 4 is 11.6 Å². The van der Waals surface area contributed by atoms with E-state index >= 15 is 0 Å². The molecule has 4 aliphatic carbocycles. The van der Waals surface area contributed by atoms with Gasteiger partial charge in [0, 0.05) is 5.69 Å². The van der Waals surface area contributed by atoms with E-state index in [2.05, 4.69) is 19.2 Å². The van der Waals surface area contributed by atoms with E-state index in [9.17, 15) is 4.79 Å². The second-order valence-corrected chi connectivity index (χ2v) is 9.32. The van der Waals surface area contributed by atoms with E-state index in [4.69, 9.17) is 4.74 Å². The molecular formula is C21H29NO2. The quantitative estimate of drug-likeness (QED) is 0.843. The molecule has 4 atom stereocenters. The summed E-state index contributed by atoms with van der Waals surface area (Å²) in [6, 6.07) is 7.77. The van der Waals surface area contributed by atoms with Crippen LogP contribution in [-0.2, 0) is 4.79 Å². The Balaban J connectivity index is 1.54. The van der Waals surface area contributed by atoms with Gasteiger partial charge in [-0.1, -0.05) is 13.8 Å². The molecule has 3 nitrogen and oxygen atoms in total. The van der Waals surface area contributed by atoms with Crippen LogP contribution >= 0.6 is 0 Å². The first-order chi connectivity index (χ1) is 11.3. The fourth-order valence-corrected chi connectivity index (χ4v) is 6.77. The van der Waals surface area contributed by atoms with Gasteiger partial charge in [-0.2, -0.15) is 0 Å². The van der Waals surface area contributed by atoms with E-state index in [-0.39, 0.29) is 11.3 Å². The van der Waals surface area contributed by atoms with E-state index in [0.29, 0.717) is 17.4 Å². The summed E-state index contributed by atoms with van der Waals surface area (Å²) >= 11 is 0. The molecule has 0 aliphatic heterocycles. The summed E-state index contributed by atoms with van der Waals surface area (Å²) in [6.07, 6.45) is 7.15. The first-order valence-electron chi connectivity index (χ1n) is 9.38. The highest BCUT2D eigenvalue weighted by molar-refractivity contribution is 5.95. The molecule has 1 aromatic carbocycles. The highest BCUT2D eigenvalue weighted by atomic mass is 16.5. The van der Waals surface area contributed by atoms with Gasteiger partial charge in [0.25, 0.3) is 0 Å². The first kappa shape index (κ1) is 16.0. The lowest BCUT2D eigenvalue weighted by Crippen LogP contribution is -2.58. The van der Waals surface area contributed by atoms with Crippen LogP contribution in [0.2, 0.25) is 0 Å². The van der Waals surface area contributed by atoms with Crippen LogP contribution in [0.5, 0.6) is 5.75 Å². The molecule has 2 unspecified atom stereocenters. The number of anilines is 1. The number of carbonyl (C=O) groups is 1. The number of hydrogen-bond donors (Lipinski definition) is 1. The van der Waals surface area contributed by atoms with Gasteiger partial charge in [-0.15, -0.1) is 0 Å². The van der Waals surface area contributed by atoms with Gasteiger partial charge >= 0.3 is 0 Å². The maximum absolute atomic E-state index is 13.2. The molecule has 1 N–H and O–H groups in total. The Labute approximate surface area is 145 Å². The summed E-state index contributed by atoms with van der Waals surface area (Å²) < 4.78 is 5.48. The van der Waals surface area contributed by atoms with Crippen LogP contribution in [0.4, 0.5) is 5.69 Å². The third-order valence-corrected chi connectivity index (χ3v) is 6.53. The van der Waals surface area contributed by atoms with Crippen molar-refractivity contribution in [1.29, 1.82) is 0 Å². The highest BCUT2D eigenvalue weighted by Gasteiger charge is 2.62. The van der Waals surface area contributed by atoms with Crippen LogP contribution < -0.4 is 10.1 Å². The van der Waals surface area contributed by atoms with Crippen LogP contribution in [0.3, 0.4) is 0 Å². The zero-order valence-electron chi connectivity index (χ0n) is 15.2. The minimum absolute atomic E-state index is 0.151. The normalized spacial score (nSPS) is 39.7. The molecule has 4 saturated carbocycles. The molecule has 24 heavy (non-hydrogen) atoms. The number of rotatable bonds is 4. The van der Waals surface area contributed by atoms with Crippen LogP contribution in [-0.4, -0.2) is 12.5 Å². The van der Waals surface area contributed by atoms with Gasteiger partial charge in [0.05, 0.1) is 12.0 Å². The fraction of sp³-hybridized carbons (Fsp3) is 0.667. The zero-order valence-corrected chi connectivity index (χ0v) is 15.2. The predicted octanol–water partition coefficient (Wildman–Crippen LogP) is 5.02. The van der Waals surface area contributed by atoms with Crippen LogP contribution in [0.1, 0.15) is 59.3 Å². The minimum Gasteiger partial charge on any atom is -0.494 e. The Hall–Kier alpha value is -1.51. The van der Waals surface area contributed by atoms with Gasteiger partial charge in [-0.3, -0.25) is 4.79 Å². The molecule has 0 spiro atoms. The van der Waals surface area contributed by atoms with E-state index in [0.717, 1.165) is 36.6 Å². The highest BCUT2D eigenvalue weighted by Crippen LogP contribution is 2.69. The molecule has 130 valence electrons. The summed E-state index contributed by atoms with van der Waals surface area (Å²) in [4.78, 5) is 13.2.